The minimum absolute atomic E-state index is 0.0153. The molecule has 3 rings (SSSR count). The number of carbonyl (C=O) groups excluding carboxylic acids is 1. The third-order valence-corrected chi connectivity index (χ3v) is 5.18. The number of rotatable bonds is 2. The van der Waals surface area contributed by atoms with Crippen molar-refractivity contribution in [1.82, 2.24) is 5.32 Å². The fourth-order valence-electron chi connectivity index (χ4n) is 2.58. The molecule has 1 fully saturated rings. The van der Waals surface area contributed by atoms with Gasteiger partial charge in [-0.3, -0.25) is 4.79 Å². The van der Waals surface area contributed by atoms with E-state index in [2.05, 4.69) is 5.32 Å². The monoisotopic (exact) mass is 312 g/mol. The highest BCUT2D eigenvalue weighted by atomic mass is 35.5. The van der Waals surface area contributed by atoms with Crippen molar-refractivity contribution in [3.63, 3.8) is 0 Å². The summed E-state index contributed by atoms with van der Waals surface area (Å²) in [5, 5.41) is 3.76. The molecule has 6 heteroatoms. The molecule has 1 saturated heterocycles. The van der Waals surface area contributed by atoms with Gasteiger partial charge in [0.15, 0.2) is 0 Å². The van der Waals surface area contributed by atoms with Crippen LogP contribution in [0, 0.1) is 0 Å². The third-order valence-electron chi connectivity index (χ3n) is 3.82. The van der Waals surface area contributed by atoms with Gasteiger partial charge in [0.1, 0.15) is 5.54 Å². The summed E-state index contributed by atoms with van der Waals surface area (Å²) in [5.74, 6) is 0.853. The van der Waals surface area contributed by atoms with Crippen LogP contribution in [0.1, 0.15) is 24.4 Å². The van der Waals surface area contributed by atoms with Gasteiger partial charge in [-0.25, -0.2) is 0 Å². The highest BCUT2D eigenvalue weighted by Crippen LogP contribution is 2.37. The largest absolute Gasteiger partial charge is 0.379 e. The van der Waals surface area contributed by atoms with E-state index in [9.17, 15) is 4.79 Å². The SMILES string of the molecule is NC1(C(=O)NC2CCSc3ccc(Cl)cc32)CCOC1. The lowest BCUT2D eigenvalue weighted by atomic mass is 9.97. The van der Waals surface area contributed by atoms with Gasteiger partial charge in [-0.05, 0) is 36.6 Å². The molecule has 0 saturated carbocycles. The van der Waals surface area contributed by atoms with Crippen molar-refractivity contribution in [1.29, 1.82) is 0 Å². The zero-order chi connectivity index (χ0) is 14.2. The van der Waals surface area contributed by atoms with Gasteiger partial charge >= 0.3 is 0 Å². The number of amides is 1. The van der Waals surface area contributed by atoms with Gasteiger partial charge in [-0.1, -0.05) is 11.6 Å². The Labute approximate surface area is 127 Å². The van der Waals surface area contributed by atoms with Crippen molar-refractivity contribution >= 4 is 29.3 Å². The van der Waals surface area contributed by atoms with Gasteiger partial charge in [-0.15, -0.1) is 11.8 Å². The zero-order valence-electron chi connectivity index (χ0n) is 11.0. The number of hydrogen-bond donors (Lipinski definition) is 2. The Hall–Kier alpha value is -0.750. The molecule has 0 aromatic heterocycles. The summed E-state index contributed by atoms with van der Waals surface area (Å²) in [4.78, 5) is 13.6. The molecule has 108 valence electrons. The van der Waals surface area contributed by atoms with Crippen LogP contribution in [-0.2, 0) is 9.53 Å². The van der Waals surface area contributed by atoms with E-state index in [4.69, 9.17) is 22.1 Å². The van der Waals surface area contributed by atoms with E-state index in [1.165, 1.54) is 4.90 Å². The number of thioether (sulfide) groups is 1. The van der Waals surface area contributed by atoms with Crippen LogP contribution in [0.2, 0.25) is 5.02 Å². The number of halogens is 1. The standard InChI is InChI=1S/C14H17ClN2O2S/c15-9-1-2-12-10(7-9)11(3-6-20-12)17-13(18)14(16)4-5-19-8-14/h1-2,7,11H,3-6,8,16H2,(H,17,18). The average Bonchev–Trinajstić information content (AvgIpc) is 2.88. The second-order valence-corrected chi connectivity index (χ2v) is 6.88. The van der Waals surface area contributed by atoms with Gasteiger partial charge in [0, 0.05) is 22.3 Å². The van der Waals surface area contributed by atoms with Gasteiger partial charge < -0.3 is 15.8 Å². The number of nitrogens with two attached hydrogens (primary N) is 1. The van der Waals surface area contributed by atoms with E-state index in [0.717, 1.165) is 17.7 Å². The predicted octanol–water partition coefficient (Wildman–Crippen LogP) is 2.11. The maximum Gasteiger partial charge on any atom is 0.243 e. The minimum atomic E-state index is -0.886. The highest BCUT2D eigenvalue weighted by molar-refractivity contribution is 7.99. The predicted molar refractivity (Wildman–Crippen MR) is 80.0 cm³/mol. The van der Waals surface area contributed by atoms with E-state index in [1.807, 2.05) is 18.2 Å². The second-order valence-electron chi connectivity index (χ2n) is 5.30. The van der Waals surface area contributed by atoms with Gasteiger partial charge in [-0.2, -0.15) is 0 Å². The van der Waals surface area contributed by atoms with E-state index in [1.54, 1.807) is 11.8 Å². The van der Waals surface area contributed by atoms with Gasteiger partial charge in [0.25, 0.3) is 0 Å². The Kier molecular flexibility index (Phi) is 3.95. The van der Waals surface area contributed by atoms with Crippen LogP contribution in [0.3, 0.4) is 0 Å². The first kappa shape index (κ1) is 14.2. The summed E-state index contributed by atoms with van der Waals surface area (Å²) in [6.07, 6.45) is 1.46. The van der Waals surface area contributed by atoms with Crippen molar-refractivity contribution in [3.05, 3.63) is 28.8 Å². The molecule has 3 N–H and O–H groups in total. The van der Waals surface area contributed by atoms with Gasteiger partial charge in [0.05, 0.1) is 12.6 Å². The van der Waals surface area contributed by atoms with Crippen molar-refractivity contribution in [2.24, 2.45) is 5.73 Å². The van der Waals surface area contributed by atoms with E-state index in [-0.39, 0.29) is 11.9 Å². The van der Waals surface area contributed by atoms with Crippen molar-refractivity contribution in [3.8, 4) is 0 Å². The Balaban J connectivity index is 1.79. The quantitative estimate of drug-likeness (QED) is 0.878. The second kappa shape index (κ2) is 5.56. The van der Waals surface area contributed by atoms with Crippen LogP contribution >= 0.6 is 23.4 Å². The summed E-state index contributed by atoms with van der Waals surface area (Å²) in [6, 6.07) is 5.81. The molecule has 0 aliphatic carbocycles. The number of fused-ring (bicyclic) bond motifs is 1. The Morgan fingerprint density at radius 2 is 2.40 bits per heavy atom. The zero-order valence-corrected chi connectivity index (χ0v) is 12.6. The lowest BCUT2D eigenvalue weighted by Crippen LogP contribution is -2.55. The fraction of sp³-hybridized carbons (Fsp3) is 0.500. The maximum absolute atomic E-state index is 12.4. The van der Waals surface area contributed by atoms with Crippen molar-refractivity contribution in [2.75, 3.05) is 19.0 Å². The van der Waals surface area contributed by atoms with Crippen LogP contribution in [0.4, 0.5) is 0 Å². The molecular formula is C14H17ClN2O2S. The van der Waals surface area contributed by atoms with Gasteiger partial charge in [0.2, 0.25) is 5.91 Å². The molecule has 2 aliphatic heterocycles. The van der Waals surface area contributed by atoms with Crippen LogP contribution in [0.25, 0.3) is 0 Å². The van der Waals surface area contributed by atoms with Crippen molar-refractivity contribution in [2.45, 2.75) is 29.3 Å². The number of ether oxygens (including phenoxy) is 1. The smallest absolute Gasteiger partial charge is 0.243 e. The first-order valence-corrected chi connectivity index (χ1v) is 8.05. The normalized spacial score (nSPS) is 29.0. The molecule has 4 nitrogen and oxygen atoms in total. The summed E-state index contributed by atoms with van der Waals surface area (Å²) in [6.45, 7) is 0.843. The Morgan fingerprint density at radius 3 is 3.15 bits per heavy atom. The number of carbonyl (C=O) groups is 1. The maximum atomic E-state index is 12.4. The fourth-order valence-corrected chi connectivity index (χ4v) is 3.86. The van der Waals surface area contributed by atoms with E-state index < -0.39 is 5.54 Å². The van der Waals surface area contributed by atoms with E-state index >= 15 is 0 Å². The lowest BCUT2D eigenvalue weighted by molar-refractivity contribution is -0.127. The summed E-state index contributed by atoms with van der Waals surface area (Å²) < 4.78 is 5.25. The first-order chi connectivity index (χ1) is 9.58. The Bertz CT molecular complexity index is 532. The van der Waals surface area contributed by atoms with Crippen LogP contribution in [0.5, 0.6) is 0 Å². The van der Waals surface area contributed by atoms with Crippen LogP contribution < -0.4 is 11.1 Å². The Morgan fingerprint density at radius 1 is 1.55 bits per heavy atom. The molecule has 2 aliphatic rings. The lowest BCUT2D eigenvalue weighted by Gasteiger charge is -2.29. The molecule has 1 aromatic carbocycles. The summed E-state index contributed by atoms with van der Waals surface area (Å²) in [7, 11) is 0. The first-order valence-electron chi connectivity index (χ1n) is 6.68. The van der Waals surface area contributed by atoms with Crippen molar-refractivity contribution < 1.29 is 9.53 Å². The highest BCUT2D eigenvalue weighted by Gasteiger charge is 2.39. The van der Waals surface area contributed by atoms with Crippen LogP contribution in [0.15, 0.2) is 23.1 Å². The molecular weight excluding hydrogens is 296 g/mol. The molecule has 1 amide bonds. The van der Waals surface area contributed by atoms with E-state index in [0.29, 0.717) is 24.7 Å². The molecule has 0 radical (unpaired) electrons. The molecule has 0 bridgehead atoms. The molecule has 0 spiro atoms. The van der Waals surface area contributed by atoms with Crippen LogP contribution in [-0.4, -0.2) is 30.4 Å². The molecule has 20 heavy (non-hydrogen) atoms. The minimum Gasteiger partial charge on any atom is -0.379 e. The summed E-state index contributed by atoms with van der Waals surface area (Å²) >= 11 is 7.86. The topological polar surface area (TPSA) is 64.4 Å². The summed E-state index contributed by atoms with van der Waals surface area (Å²) in [5.41, 5.74) is 6.30. The molecule has 1 aromatic rings. The number of nitrogens with one attached hydrogen (secondary N) is 1. The third kappa shape index (κ3) is 2.68. The number of hydrogen-bond acceptors (Lipinski definition) is 4. The average molecular weight is 313 g/mol. The molecule has 2 atom stereocenters. The molecule has 2 unspecified atom stereocenters. The molecule has 2 heterocycles. The number of benzene rings is 1.